The normalized spacial score (nSPS) is 13.9. The highest BCUT2D eigenvalue weighted by Crippen LogP contribution is 2.34. The second-order valence-electron chi connectivity index (χ2n) is 6.41. The molecule has 3 aromatic rings. The van der Waals surface area contributed by atoms with Crippen LogP contribution in [0.2, 0.25) is 20.1 Å². The number of hydrazine groups is 1. The third-order valence-corrected chi connectivity index (χ3v) is 5.52. The van der Waals surface area contributed by atoms with Gasteiger partial charge < -0.3 is 0 Å². The Morgan fingerprint density at radius 1 is 0.600 bits per heavy atom. The first kappa shape index (κ1) is 20.8. The van der Waals surface area contributed by atoms with Gasteiger partial charge in [0, 0.05) is 20.1 Å². The SMILES string of the molecule is O=C1C(=Cc2ccc(Cl)cc2Cl)C(=O)N(c2ccc(Cl)cc2)N1c1ccc(Cl)cc1. The van der Waals surface area contributed by atoms with Crippen molar-refractivity contribution >= 4 is 75.7 Å². The fraction of sp³-hybridized carbons (Fsp3) is 0. The van der Waals surface area contributed by atoms with Gasteiger partial charge in [0.05, 0.1) is 11.4 Å². The summed E-state index contributed by atoms with van der Waals surface area (Å²) in [7, 11) is 0. The fourth-order valence-electron chi connectivity index (χ4n) is 3.03. The quantitative estimate of drug-likeness (QED) is 0.312. The highest BCUT2D eigenvalue weighted by atomic mass is 35.5. The molecule has 0 atom stereocenters. The molecule has 150 valence electrons. The minimum absolute atomic E-state index is 0.0378. The third kappa shape index (κ3) is 3.92. The van der Waals surface area contributed by atoms with Gasteiger partial charge in [0.2, 0.25) is 0 Å². The number of hydrogen-bond acceptors (Lipinski definition) is 2. The van der Waals surface area contributed by atoms with E-state index in [1.165, 1.54) is 16.1 Å². The molecule has 8 heteroatoms. The fourth-order valence-corrected chi connectivity index (χ4v) is 3.74. The lowest BCUT2D eigenvalue weighted by molar-refractivity contribution is -0.116. The van der Waals surface area contributed by atoms with E-state index < -0.39 is 11.8 Å². The summed E-state index contributed by atoms with van der Waals surface area (Å²) in [5, 5.41) is 4.39. The molecule has 0 unspecified atom stereocenters. The van der Waals surface area contributed by atoms with Crippen LogP contribution >= 0.6 is 46.4 Å². The van der Waals surface area contributed by atoms with Crippen LogP contribution in [-0.2, 0) is 9.59 Å². The van der Waals surface area contributed by atoms with Crippen LogP contribution < -0.4 is 10.0 Å². The van der Waals surface area contributed by atoms with Crippen LogP contribution in [0.4, 0.5) is 11.4 Å². The van der Waals surface area contributed by atoms with Crippen molar-refractivity contribution in [3.05, 3.63) is 98.0 Å². The van der Waals surface area contributed by atoms with Crippen LogP contribution in [0.1, 0.15) is 5.56 Å². The van der Waals surface area contributed by atoms with Crippen LogP contribution in [0.25, 0.3) is 6.08 Å². The maximum Gasteiger partial charge on any atom is 0.283 e. The Hall–Kier alpha value is -2.50. The van der Waals surface area contributed by atoms with Crippen LogP contribution in [0.15, 0.2) is 72.3 Å². The van der Waals surface area contributed by atoms with E-state index in [-0.39, 0.29) is 5.57 Å². The molecule has 1 fully saturated rings. The Balaban J connectivity index is 1.85. The Labute approximate surface area is 192 Å². The Morgan fingerprint density at radius 3 is 1.47 bits per heavy atom. The number of hydrogen-bond donors (Lipinski definition) is 0. The third-order valence-electron chi connectivity index (χ3n) is 4.45. The summed E-state index contributed by atoms with van der Waals surface area (Å²) in [4.78, 5) is 26.6. The van der Waals surface area contributed by atoms with E-state index in [1.807, 2.05) is 0 Å². The molecule has 1 aliphatic rings. The van der Waals surface area contributed by atoms with Crippen molar-refractivity contribution in [3.63, 3.8) is 0 Å². The van der Waals surface area contributed by atoms with Crippen molar-refractivity contribution < 1.29 is 9.59 Å². The van der Waals surface area contributed by atoms with Crippen molar-refractivity contribution in [2.24, 2.45) is 0 Å². The van der Waals surface area contributed by atoms with Gasteiger partial charge in [-0.15, -0.1) is 0 Å². The van der Waals surface area contributed by atoms with Gasteiger partial charge in [0.25, 0.3) is 11.8 Å². The Bertz CT molecular complexity index is 1110. The molecular weight excluding hydrogens is 466 g/mol. The average molecular weight is 478 g/mol. The van der Waals surface area contributed by atoms with Gasteiger partial charge >= 0.3 is 0 Å². The van der Waals surface area contributed by atoms with E-state index in [0.717, 1.165) is 0 Å². The second kappa shape index (κ2) is 8.32. The molecule has 2 amide bonds. The van der Waals surface area contributed by atoms with E-state index in [0.29, 0.717) is 37.0 Å². The van der Waals surface area contributed by atoms with Gasteiger partial charge in [-0.1, -0.05) is 52.5 Å². The van der Waals surface area contributed by atoms with E-state index in [4.69, 9.17) is 46.4 Å². The maximum atomic E-state index is 13.3. The summed E-state index contributed by atoms with van der Waals surface area (Å²) in [5.41, 5.74) is 1.44. The molecule has 4 nitrogen and oxygen atoms in total. The maximum absolute atomic E-state index is 13.3. The zero-order valence-corrected chi connectivity index (χ0v) is 18.2. The van der Waals surface area contributed by atoms with Crippen LogP contribution in [0.3, 0.4) is 0 Å². The number of carbonyl (C=O) groups excluding carboxylic acids is 2. The van der Waals surface area contributed by atoms with E-state index in [9.17, 15) is 9.59 Å². The molecule has 0 N–H and O–H groups in total. The van der Waals surface area contributed by atoms with Gasteiger partial charge in [-0.05, 0) is 72.3 Å². The van der Waals surface area contributed by atoms with Crippen LogP contribution in [0, 0.1) is 0 Å². The van der Waals surface area contributed by atoms with Crippen molar-refractivity contribution in [1.29, 1.82) is 0 Å². The molecule has 0 aromatic heterocycles. The molecule has 0 bridgehead atoms. The first-order chi connectivity index (χ1) is 14.3. The molecule has 4 rings (SSSR count). The van der Waals surface area contributed by atoms with Gasteiger partial charge in [-0.3, -0.25) is 9.59 Å². The van der Waals surface area contributed by atoms with Crippen molar-refractivity contribution in [2.45, 2.75) is 0 Å². The molecule has 0 saturated carbocycles. The Morgan fingerprint density at radius 2 is 1.03 bits per heavy atom. The molecular formula is C22H12Cl4N2O2. The summed E-state index contributed by atoms with van der Waals surface area (Å²) >= 11 is 24.2. The first-order valence-electron chi connectivity index (χ1n) is 8.72. The van der Waals surface area contributed by atoms with Gasteiger partial charge in [0.15, 0.2) is 0 Å². The summed E-state index contributed by atoms with van der Waals surface area (Å²) in [6.45, 7) is 0. The van der Waals surface area contributed by atoms with Gasteiger partial charge in [0.1, 0.15) is 5.57 Å². The van der Waals surface area contributed by atoms with E-state index in [2.05, 4.69) is 0 Å². The zero-order chi connectivity index (χ0) is 21.4. The largest absolute Gasteiger partial charge is 0.283 e. The number of benzene rings is 3. The lowest BCUT2D eigenvalue weighted by Crippen LogP contribution is -2.41. The number of nitrogens with zero attached hydrogens (tertiary/aromatic N) is 2. The van der Waals surface area contributed by atoms with E-state index >= 15 is 0 Å². The summed E-state index contributed by atoms with van der Waals surface area (Å²) < 4.78 is 0. The van der Waals surface area contributed by atoms with Crippen LogP contribution in [-0.4, -0.2) is 11.8 Å². The number of rotatable bonds is 3. The Kier molecular flexibility index (Phi) is 5.76. The smallest absolute Gasteiger partial charge is 0.267 e. The highest BCUT2D eigenvalue weighted by molar-refractivity contribution is 6.39. The van der Waals surface area contributed by atoms with Crippen LogP contribution in [0.5, 0.6) is 0 Å². The minimum Gasteiger partial charge on any atom is -0.267 e. The predicted octanol–water partition coefficient (Wildman–Crippen LogP) is 6.68. The lowest BCUT2D eigenvalue weighted by Gasteiger charge is -2.27. The number of amides is 2. The zero-order valence-electron chi connectivity index (χ0n) is 15.2. The average Bonchev–Trinajstić information content (AvgIpc) is 2.96. The molecule has 1 aliphatic heterocycles. The molecule has 1 saturated heterocycles. The molecule has 1 heterocycles. The van der Waals surface area contributed by atoms with Gasteiger partial charge in [-0.2, -0.15) is 0 Å². The number of halogens is 4. The van der Waals surface area contributed by atoms with Gasteiger partial charge in [-0.25, -0.2) is 10.0 Å². The first-order valence-corrected chi connectivity index (χ1v) is 10.2. The number of carbonyl (C=O) groups is 2. The summed E-state index contributed by atoms with van der Waals surface area (Å²) in [6.07, 6.45) is 1.46. The molecule has 0 radical (unpaired) electrons. The van der Waals surface area contributed by atoms with Crippen molar-refractivity contribution in [3.8, 4) is 0 Å². The highest BCUT2D eigenvalue weighted by Gasteiger charge is 2.43. The standard InChI is InChI=1S/C22H12Cl4N2O2/c23-14-3-7-17(8-4-14)27-21(29)19(11-13-1-2-16(25)12-20(13)26)22(30)28(27)18-9-5-15(24)6-10-18/h1-12H. The van der Waals surface area contributed by atoms with Crippen molar-refractivity contribution in [2.75, 3.05) is 10.0 Å². The van der Waals surface area contributed by atoms with Crippen molar-refractivity contribution in [1.82, 2.24) is 0 Å². The second-order valence-corrected chi connectivity index (χ2v) is 8.13. The topological polar surface area (TPSA) is 40.6 Å². The number of anilines is 2. The predicted molar refractivity (Wildman–Crippen MR) is 122 cm³/mol. The monoisotopic (exact) mass is 476 g/mol. The molecule has 0 aliphatic carbocycles. The molecule has 0 spiro atoms. The van der Waals surface area contributed by atoms with E-state index in [1.54, 1.807) is 66.7 Å². The molecule has 30 heavy (non-hydrogen) atoms. The summed E-state index contributed by atoms with van der Waals surface area (Å²) in [6, 6.07) is 18.1. The molecule has 3 aromatic carbocycles. The minimum atomic E-state index is -0.497. The summed E-state index contributed by atoms with van der Waals surface area (Å²) in [5.74, 6) is -0.994. The lowest BCUT2D eigenvalue weighted by atomic mass is 10.1.